The molecular weight excluding hydrogens is 246 g/mol. The van der Waals surface area contributed by atoms with Crippen molar-refractivity contribution < 1.29 is 5.11 Å². The SMILES string of the molecule is CCC(C)(CCO)Nc1snc(Cl)c1C#N. The summed E-state index contributed by atoms with van der Waals surface area (Å²) in [7, 11) is 0. The summed E-state index contributed by atoms with van der Waals surface area (Å²) in [6.45, 7) is 4.13. The average Bonchev–Trinajstić information content (AvgIpc) is 2.59. The van der Waals surface area contributed by atoms with Gasteiger partial charge >= 0.3 is 0 Å². The van der Waals surface area contributed by atoms with Crippen molar-refractivity contribution in [3.05, 3.63) is 10.7 Å². The summed E-state index contributed by atoms with van der Waals surface area (Å²) in [4.78, 5) is 0. The molecule has 0 fully saturated rings. The summed E-state index contributed by atoms with van der Waals surface area (Å²) in [5.41, 5.74) is 0.139. The first-order valence-electron chi connectivity index (χ1n) is 5.00. The van der Waals surface area contributed by atoms with E-state index in [1.54, 1.807) is 0 Å². The number of anilines is 1. The van der Waals surface area contributed by atoms with E-state index in [0.717, 1.165) is 6.42 Å². The van der Waals surface area contributed by atoms with Gasteiger partial charge in [-0.2, -0.15) is 9.64 Å². The molecule has 0 aliphatic rings. The zero-order valence-corrected chi connectivity index (χ0v) is 10.8. The molecule has 1 aromatic heterocycles. The van der Waals surface area contributed by atoms with Crippen LogP contribution in [0.1, 0.15) is 32.3 Å². The van der Waals surface area contributed by atoms with E-state index in [2.05, 4.69) is 9.69 Å². The van der Waals surface area contributed by atoms with E-state index in [9.17, 15) is 0 Å². The summed E-state index contributed by atoms with van der Waals surface area (Å²) < 4.78 is 3.93. The first-order chi connectivity index (χ1) is 7.56. The molecule has 1 atom stereocenters. The van der Waals surface area contributed by atoms with Crippen molar-refractivity contribution in [2.24, 2.45) is 0 Å². The van der Waals surface area contributed by atoms with Gasteiger partial charge in [-0.25, -0.2) is 0 Å². The minimum Gasteiger partial charge on any atom is -0.396 e. The van der Waals surface area contributed by atoms with E-state index in [1.807, 2.05) is 19.9 Å². The predicted molar refractivity (Wildman–Crippen MR) is 65.9 cm³/mol. The van der Waals surface area contributed by atoms with Crippen molar-refractivity contribution in [3.8, 4) is 6.07 Å². The highest BCUT2D eigenvalue weighted by Gasteiger charge is 2.24. The van der Waals surface area contributed by atoms with Crippen molar-refractivity contribution in [2.45, 2.75) is 32.2 Å². The van der Waals surface area contributed by atoms with Gasteiger partial charge < -0.3 is 10.4 Å². The number of halogens is 1. The molecule has 0 bridgehead atoms. The van der Waals surface area contributed by atoms with Gasteiger partial charge in [-0.3, -0.25) is 0 Å². The van der Waals surface area contributed by atoms with Gasteiger partial charge in [0.1, 0.15) is 16.6 Å². The first kappa shape index (κ1) is 13.2. The van der Waals surface area contributed by atoms with Crippen LogP contribution in [0.25, 0.3) is 0 Å². The van der Waals surface area contributed by atoms with E-state index in [1.165, 1.54) is 11.5 Å². The monoisotopic (exact) mass is 259 g/mol. The summed E-state index contributed by atoms with van der Waals surface area (Å²) in [6.07, 6.45) is 1.46. The van der Waals surface area contributed by atoms with Crippen molar-refractivity contribution in [1.29, 1.82) is 5.26 Å². The number of nitrogens with one attached hydrogen (secondary N) is 1. The van der Waals surface area contributed by atoms with Crippen LogP contribution in [0.2, 0.25) is 5.15 Å². The third kappa shape index (κ3) is 2.85. The van der Waals surface area contributed by atoms with E-state index in [-0.39, 0.29) is 17.3 Å². The normalized spacial score (nSPS) is 14.2. The van der Waals surface area contributed by atoms with Crippen LogP contribution in [0.4, 0.5) is 5.00 Å². The maximum atomic E-state index is 9.00. The van der Waals surface area contributed by atoms with Gasteiger partial charge in [0.2, 0.25) is 0 Å². The van der Waals surface area contributed by atoms with Crippen LogP contribution in [-0.4, -0.2) is 21.6 Å². The van der Waals surface area contributed by atoms with Gasteiger partial charge in [0.05, 0.1) is 0 Å². The fourth-order valence-corrected chi connectivity index (χ4v) is 2.39. The van der Waals surface area contributed by atoms with Crippen molar-refractivity contribution in [1.82, 2.24) is 4.37 Å². The number of nitriles is 1. The second-order valence-electron chi connectivity index (χ2n) is 3.80. The van der Waals surface area contributed by atoms with E-state index in [4.69, 9.17) is 22.0 Å². The highest BCUT2D eigenvalue weighted by Crippen LogP contribution is 2.31. The van der Waals surface area contributed by atoms with Gasteiger partial charge in [-0.1, -0.05) is 18.5 Å². The molecule has 6 heteroatoms. The molecule has 16 heavy (non-hydrogen) atoms. The molecule has 0 radical (unpaired) electrons. The topological polar surface area (TPSA) is 68.9 Å². The van der Waals surface area contributed by atoms with Crippen LogP contribution in [-0.2, 0) is 0 Å². The highest BCUT2D eigenvalue weighted by atomic mass is 35.5. The van der Waals surface area contributed by atoms with Crippen LogP contribution < -0.4 is 5.32 Å². The Labute approximate surface area is 104 Å². The maximum Gasteiger partial charge on any atom is 0.162 e. The Morgan fingerprint density at radius 2 is 2.38 bits per heavy atom. The number of rotatable bonds is 5. The molecule has 0 aromatic carbocycles. The molecule has 0 spiro atoms. The molecule has 2 N–H and O–H groups in total. The molecule has 0 amide bonds. The van der Waals surface area contributed by atoms with Crippen LogP contribution in [0, 0.1) is 11.3 Å². The lowest BCUT2D eigenvalue weighted by Gasteiger charge is -2.29. The van der Waals surface area contributed by atoms with Crippen LogP contribution >= 0.6 is 23.1 Å². The number of hydrogen-bond donors (Lipinski definition) is 2. The summed E-state index contributed by atoms with van der Waals surface area (Å²) in [6, 6.07) is 2.02. The fraction of sp³-hybridized carbons (Fsp3) is 0.600. The van der Waals surface area contributed by atoms with Crippen LogP contribution in [0.15, 0.2) is 0 Å². The molecular formula is C10H14ClN3OS. The highest BCUT2D eigenvalue weighted by molar-refractivity contribution is 7.10. The van der Waals surface area contributed by atoms with Crippen LogP contribution in [0.5, 0.6) is 0 Å². The minimum atomic E-state index is -0.240. The smallest absolute Gasteiger partial charge is 0.162 e. The van der Waals surface area contributed by atoms with Gasteiger partial charge in [0, 0.05) is 12.1 Å². The molecule has 1 unspecified atom stereocenters. The Morgan fingerprint density at radius 3 is 2.88 bits per heavy atom. The van der Waals surface area contributed by atoms with Crippen molar-refractivity contribution >= 4 is 28.1 Å². The zero-order chi connectivity index (χ0) is 12.2. The lowest BCUT2D eigenvalue weighted by atomic mass is 9.95. The second-order valence-corrected chi connectivity index (χ2v) is 4.93. The van der Waals surface area contributed by atoms with Gasteiger partial charge in [0.15, 0.2) is 5.15 Å². The summed E-state index contributed by atoms with van der Waals surface area (Å²) in [5, 5.41) is 22.1. The zero-order valence-electron chi connectivity index (χ0n) is 9.25. The molecule has 88 valence electrons. The molecule has 1 heterocycles. The summed E-state index contributed by atoms with van der Waals surface area (Å²) >= 11 is 6.95. The van der Waals surface area contributed by atoms with Gasteiger partial charge in [-0.05, 0) is 31.3 Å². The molecule has 1 rings (SSSR count). The largest absolute Gasteiger partial charge is 0.396 e. The summed E-state index contributed by atoms with van der Waals surface area (Å²) in [5.74, 6) is 0. The predicted octanol–water partition coefficient (Wildman–Crippen LogP) is 2.63. The molecule has 0 saturated carbocycles. The molecule has 0 aliphatic carbocycles. The Hall–Kier alpha value is -0.830. The molecule has 0 saturated heterocycles. The number of aromatic nitrogens is 1. The lowest BCUT2D eigenvalue weighted by Crippen LogP contribution is -2.34. The first-order valence-corrected chi connectivity index (χ1v) is 6.15. The molecule has 0 aliphatic heterocycles. The van der Waals surface area contributed by atoms with Gasteiger partial charge in [0.25, 0.3) is 0 Å². The fourth-order valence-electron chi connectivity index (χ4n) is 1.30. The Balaban J connectivity index is 2.90. The number of aliphatic hydroxyl groups excluding tert-OH is 1. The maximum absolute atomic E-state index is 9.00. The Bertz CT molecular complexity index is 401. The second kappa shape index (κ2) is 5.48. The van der Waals surface area contributed by atoms with E-state index in [0.29, 0.717) is 17.0 Å². The molecule has 1 aromatic rings. The third-order valence-electron chi connectivity index (χ3n) is 2.62. The third-order valence-corrected chi connectivity index (χ3v) is 3.76. The van der Waals surface area contributed by atoms with Crippen molar-refractivity contribution in [2.75, 3.05) is 11.9 Å². The van der Waals surface area contributed by atoms with E-state index < -0.39 is 0 Å². The lowest BCUT2D eigenvalue weighted by molar-refractivity contribution is 0.252. The van der Waals surface area contributed by atoms with Crippen molar-refractivity contribution in [3.63, 3.8) is 0 Å². The quantitative estimate of drug-likeness (QED) is 0.853. The number of aliphatic hydroxyl groups is 1. The number of hydrogen-bond acceptors (Lipinski definition) is 5. The average molecular weight is 260 g/mol. The van der Waals surface area contributed by atoms with Crippen LogP contribution in [0.3, 0.4) is 0 Å². The molecule has 4 nitrogen and oxygen atoms in total. The Morgan fingerprint density at radius 1 is 1.69 bits per heavy atom. The minimum absolute atomic E-state index is 0.103. The standard InChI is InChI=1S/C10H14ClN3OS/c1-3-10(2,4-5-15)13-9-7(6-12)8(11)14-16-9/h13,15H,3-5H2,1-2H3. The number of nitrogens with zero attached hydrogens (tertiary/aromatic N) is 2. The van der Waals surface area contributed by atoms with Gasteiger partial charge in [-0.15, -0.1) is 0 Å². The Kier molecular flexibility index (Phi) is 4.54. The van der Waals surface area contributed by atoms with E-state index >= 15 is 0 Å².